The van der Waals surface area contributed by atoms with E-state index in [1.807, 2.05) is 38.1 Å². The Morgan fingerprint density at radius 3 is 2.90 bits per heavy atom. The van der Waals surface area contributed by atoms with Crippen LogP contribution in [0.3, 0.4) is 0 Å². The molecule has 112 valence electrons. The predicted octanol–water partition coefficient (Wildman–Crippen LogP) is 3.47. The Kier molecular flexibility index (Phi) is 4.12. The summed E-state index contributed by atoms with van der Waals surface area (Å²) in [7, 11) is 0. The average molecular weight is 305 g/mol. The van der Waals surface area contributed by atoms with Gasteiger partial charge in [-0.15, -0.1) is 11.3 Å². The molecule has 1 saturated heterocycles. The van der Waals surface area contributed by atoms with Crippen LogP contribution >= 0.6 is 11.3 Å². The van der Waals surface area contributed by atoms with Crippen LogP contribution in [0.5, 0.6) is 0 Å². The quantitative estimate of drug-likeness (QED) is 0.941. The van der Waals surface area contributed by atoms with Gasteiger partial charge < -0.3 is 14.5 Å². The Morgan fingerprint density at radius 1 is 1.38 bits per heavy atom. The molecule has 1 fully saturated rings. The average Bonchev–Trinajstić information content (AvgIpc) is 3.19. The van der Waals surface area contributed by atoms with Gasteiger partial charge in [-0.1, -0.05) is 0 Å². The van der Waals surface area contributed by atoms with E-state index < -0.39 is 0 Å². The lowest BCUT2D eigenvalue weighted by atomic mass is 10.0. The van der Waals surface area contributed by atoms with Crippen molar-refractivity contribution in [3.63, 3.8) is 0 Å². The third-order valence-electron chi connectivity index (χ3n) is 3.84. The zero-order chi connectivity index (χ0) is 14.8. The van der Waals surface area contributed by atoms with Crippen LogP contribution in [0, 0.1) is 12.8 Å². The van der Waals surface area contributed by atoms with Gasteiger partial charge in [-0.05, 0) is 44.5 Å². The second kappa shape index (κ2) is 6.03. The molecule has 0 aromatic carbocycles. The number of aryl methyl sites for hydroxylation is 1. The molecule has 1 N–H and O–H groups in total. The molecule has 2 atom stereocenters. The maximum Gasteiger partial charge on any atom is 0.261 e. The molecule has 5 heteroatoms. The molecule has 4 nitrogen and oxygen atoms in total. The fourth-order valence-electron chi connectivity index (χ4n) is 2.50. The Hall–Kier alpha value is -1.59. The predicted molar refractivity (Wildman–Crippen MR) is 82.6 cm³/mol. The number of thiophene rings is 1. The van der Waals surface area contributed by atoms with Gasteiger partial charge in [0, 0.05) is 18.6 Å². The highest BCUT2D eigenvalue weighted by molar-refractivity contribution is 7.17. The van der Waals surface area contributed by atoms with E-state index in [1.165, 1.54) is 11.3 Å². The summed E-state index contributed by atoms with van der Waals surface area (Å²) in [4.78, 5) is 14.0. The summed E-state index contributed by atoms with van der Waals surface area (Å²) >= 11 is 1.45. The van der Waals surface area contributed by atoms with E-state index in [0.717, 1.165) is 36.0 Å². The van der Waals surface area contributed by atoms with Gasteiger partial charge in [-0.3, -0.25) is 4.79 Å². The van der Waals surface area contributed by atoms with Crippen LogP contribution in [-0.2, 0) is 4.74 Å². The van der Waals surface area contributed by atoms with Crippen molar-refractivity contribution in [2.45, 2.75) is 26.3 Å². The molecule has 0 aliphatic carbocycles. The molecule has 21 heavy (non-hydrogen) atoms. The summed E-state index contributed by atoms with van der Waals surface area (Å²) in [6.07, 6.45) is 1.02. The lowest BCUT2D eigenvalue weighted by Gasteiger charge is -2.18. The minimum Gasteiger partial charge on any atom is -0.461 e. The van der Waals surface area contributed by atoms with Crippen LogP contribution in [0.2, 0.25) is 0 Å². The lowest BCUT2D eigenvalue weighted by Crippen LogP contribution is -2.38. The molecule has 3 heterocycles. The van der Waals surface area contributed by atoms with Gasteiger partial charge in [-0.25, -0.2) is 0 Å². The second-order valence-corrected chi connectivity index (χ2v) is 6.54. The fourth-order valence-corrected chi connectivity index (χ4v) is 3.37. The molecular weight excluding hydrogens is 286 g/mol. The van der Waals surface area contributed by atoms with Crippen LogP contribution in [0.25, 0.3) is 10.6 Å². The maximum absolute atomic E-state index is 12.3. The highest BCUT2D eigenvalue weighted by Gasteiger charge is 2.24. The summed E-state index contributed by atoms with van der Waals surface area (Å²) in [5.41, 5.74) is 0. The Morgan fingerprint density at radius 2 is 2.24 bits per heavy atom. The number of nitrogens with one attached hydrogen (secondary N) is 1. The van der Waals surface area contributed by atoms with Gasteiger partial charge in [0.2, 0.25) is 0 Å². The molecule has 1 aliphatic rings. The molecule has 3 rings (SSSR count). The highest BCUT2D eigenvalue weighted by Crippen LogP contribution is 2.29. The number of furan rings is 1. The van der Waals surface area contributed by atoms with Crippen LogP contribution in [-0.4, -0.2) is 25.2 Å². The summed E-state index contributed by atoms with van der Waals surface area (Å²) in [5.74, 6) is 2.09. The molecule has 2 aromatic rings. The topological polar surface area (TPSA) is 51.5 Å². The SMILES string of the molecule is Cc1ccc(-c2ccc(C(=O)N[C@H](C)[C@H]3CCOC3)s2)o1. The minimum absolute atomic E-state index is 0.0195. The number of carbonyl (C=O) groups is 1. The zero-order valence-electron chi connectivity index (χ0n) is 12.2. The number of amides is 1. The number of ether oxygens (including phenoxy) is 1. The molecule has 0 saturated carbocycles. The van der Waals surface area contributed by atoms with Crippen molar-refractivity contribution in [1.82, 2.24) is 5.32 Å². The largest absolute Gasteiger partial charge is 0.461 e. The summed E-state index contributed by atoms with van der Waals surface area (Å²) in [5, 5.41) is 3.07. The standard InChI is InChI=1S/C16H19NO3S/c1-10-3-4-13(20-10)14-5-6-15(21-14)16(18)17-11(2)12-7-8-19-9-12/h3-6,11-12H,7-9H2,1-2H3,(H,17,18)/t11-,12+/m1/s1. The van der Waals surface area contributed by atoms with Crippen LogP contribution in [0.4, 0.5) is 0 Å². The highest BCUT2D eigenvalue weighted by atomic mass is 32.1. The van der Waals surface area contributed by atoms with Crippen molar-refractivity contribution in [1.29, 1.82) is 0 Å². The van der Waals surface area contributed by atoms with E-state index in [0.29, 0.717) is 10.8 Å². The van der Waals surface area contributed by atoms with E-state index in [-0.39, 0.29) is 11.9 Å². The van der Waals surface area contributed by atoms with Crippen LogP contribution < -0.4 is 5.32 Å². The van der Waals surface area contributed by atoms with E-state index >= 15 is 0 Å². The van der Waals surface area contributed by atoms with Gasteiger partial charge in [0.05, 0.1) is 16.4 Å². The monoisotopic (exact) mass is 305 g/mol. The summed E-state index contributed by atoms with van der Waals surface area (Å²) < 4.78 is 11.0. The molecule has 0 unspecified atom stereocenters. The van der Waals surface area contributed by atoms with Crippen molar-refractivity contribution in [2.24, 2.45) is 5.92 Å². The van der Waals surface area contributed by atoms with Gasteiger partial charge in [-0.2, -0.15) is 0 Å². The van der Waals surface area contributed by atoms with E-state index in [4.69, 9.17) is 9.15 Å². The lowest BCUT2D eigenvalue weighted by molar-refractivity contribution is 0.0926. The van der Waals surface area contributed by atoms with Crippen molar-refractivity contribution in [3.8, 4) is 10.6 Å². The summed E-state index contributed by atoms with van der Waals surface area (Å²) in [6.45, 7) is 5.49. The number of carbonyl (C=O) groups excluding carboxylic acids is 1. The Labute approximate surface area is 128 Å². The van der Waals surface area contributed by atoms with Crippen LogP contribution in [0.1, 0.15) is 28.8 Å². The first-order valence-electron chi connectivity index (χ1n) is 7.19. The number of hydrogen-bond donors (Lipinski definition) is 1. The zero-order valence-corrected chi connectivity index (χ0v) is 13.0. The van der Waals surface area contributed by atoms with E-state index in [1.54, 1.807) is 0 Å². The van der Waals surface area contributed by atoms with E-state index in [2.05, 4.69) is 5.32 Å². The second-order valence-electron chi connectivity index (χ2n) is 5.46. The molecule has 1 amide bonds. The van der Waals surface area contributed by atoms with Crippen LogP contribution in [0.15, 0.2) is 28.7 Å². The normalized spacial score (nSPS) is 19.6. The molecule has 0 bridgehead atoms. The van der Waals surface area contributed by atoms with E-state index in [9.17, 15) is 4.79 Å². The first-order valence-corrected chi connectivity index (χ1v) is 8.00. The first kappa shape index (κ1) is 14.4. The van der Waals surface area contributed by atoms with Crippen molar-refractivity contribution >= 4 is 17.2 Å². The van der Waals surface area contributed by atoms with Gasteiger partial charge in [0.25, 0.3) is 5.91 Å². The van der Waals surface area contributed by atoms with Gasteiger partial charge in [0.15, 0.2) is 0 Å². The van der Waals surface area contributed by atoms with Gasteiger partial charge in [0.1, 0.15) is 11.5 Å². The molecule has 1 aliphatic heterocycles. The summed E-state index contributed by atoms with van der Waals surface area (Å²) in [6, 6.07) is 7.78. The number of rotatable bonds is 4. The molecular formula is C16H19NO3S. The van der Waals surface area contributed by atoms with Crippen molar-refractivity contribution in [2.75, 3.05) is 13.2 Å². The third-order valence-corrected chi connectivity index (χ3v) is 4.94. The first-order chi connectivity index (χ1) is 10.1. The fraction of sp³-hybridized carbons (Fsp3) is 0.438. The maximum atomic E-state index is 12.3. The third kappa shape index (κ3) is 3.19. The minimum atomic E-state index is -0.0195. The Bertz CT molecular complexity index is 625. The molecule has 0 spiro atoms. The number of hydrogen-bond acceptors (Lipinski definition) is 4. The molecule has 0 radical (unpaired) electrons. The Balaban J connectivity index is 1.66. The smallest absolute Gasteiger partial charge is 0.261 e. The van der Waals surface area contributed by atoms with Crippen molar-refractivity contribution in [3.05, 3.63) is 34.9 Å². The van der Waals surface area contributed by atoms with Gasteiger partial charge >= 0.3 is 0 Å². The van der Waals surface area contributed by atoms with Crippen molar-refractivity contribution < 1.29 is 13.9 Å². The molecule has 2 aromatic heterocycles.